The summed E-state index contributed by atoms with van der Waals surface area (Å²) < 4.78 is 6.19. The Hall–Kier alpha value is -2.69. The van der Waals surface area contributed by atoms with Gasteiger partial charge < -0.3 is 4.42 Å². The van der Waals surface area contributed by atoms with Crippen LogP contribution in [0.2, 0.25) is 5.02 Å². The number of rotatable bonds is 3. The molecule has 1 heterocycles. The fourth-order valence-corrected chi connectivity index (χ4v) is 3.57. The van der Waals surface area contributed by atoms with E-state index in [9.17, 15) is 9.59 Å². The van der Waals surface area contributed by atoms with Gasteiger partial charge in [0, 0.05) is 26.0 Å². The fourth-order valence-electron chi connectivity index (χ4n) is 3.05. The summed E-state index contributed by atoms with van der Waals surface area (Å²) in [5, 5.41) is 1.27. The monoisotopic (exact) mass is 438 g/mol. The molecule has 0 bridgehead atoms. The second kappa shape index (κ2) is 7.14. The van der Waals surface area contributed by atoms with E-state index >= 15 is 0 Å². The van der Waals surface area contributed by atoms with Gasteiger partial charge in [-0.15, -0.1) is 0 Å². The van der Waals surface area contributed by atoms with Crippen LogP contribution in [-0.2, 0) is 0 Å². The summed E-state index contributed by atoms with van der Waals surface area (Å²) in [6.45, 7) is 0. The molecule has 0 spiro atoms. The van der Waals surface area contributed by atoms with Gasteiger partial charge in [-0.2, -0.15) is 0 Å². The Balaban J connectivity index is 2.06. The van der Waals surface area contributed by atoms with Crippen LogP contribution < -0.4 is 5.63 Å². The minimum atomic E-state index is -0.663. The van der Waals surface area contributed by atoms with E-state index in [1.54, 1.807) is 54.6 Å². The van der Waals surface area contributed by atoms with Crippen molar-refractivity contribution in [2.75, 3.05) is 0 Å². The molecule has 0 amide bonds. The number of hydrogen-bond donors (Lipinski definition) is 0. The second-order valence-corrected chi connectivity index (χ2v) is 7.33. The summed E-state index contributed by atoms with van der Waals surface area (Å²) in [5.41, 5.74) is 1.45. The third-order valence-corrected chi connectivity index (χ3v) is 5.01. The van der Waals surface area contributed by atoms with Crippen LogP contribution in [0.15, 0.2) is 86.5 Å². The summed E-state index contributed by atoms with van der Waals surface area (Å²) in [6.07, 6.45) is 0. The van der Waals surface area contributed by atoms with Gasteiger partial charge in [-0.05, 0) is 35.9 Å². The highest BCUT2D eigenvalue weighted by molar-refractivity contribution is 9.10. The van der Waals surface area contributed by atoms with Crippen molar-refractivity contribution in [3.05, 3.63) is 104 Å². The van der Waals surface area contributed by atoms with Crippen LogP contribution in [0.5, 0.6) is 0 Å². The Labute approximate surface area is 168 Å². The van der Waals surface area contributed by atoms with Crippen molar-refractivity contribution in [2.24, 2.45) is 0 Å². The molecule has 27 heavy (non-hydrogen) atoms. The molecule has 132 valence electrons. The zero-order valence-corrected chi connectivity index (χ0v) is 16.3. The maximum atomic E-state index is 13.2. The quantitative estimate of drug-likeness (QED) is 0.286. The van der Waals surface area contributed by atoms with Crippen LogP contribution in [0.3, 0.4) is 0 Å². The van der Waals surface area contributed by atoms with E-state index in [4.69, 9.17) is 16.0 Å². The molecule has 0 saturated heterocycles. The molecular formula is C22H12BrClO3. The number of hydrogen-bond acceptors (Lipinski definition) is 3. The smallest absolute Gasteiger partial charge is 0.348 e. The highest BCUT2D eigenvalue weighted by atomic mass is 79.9. The van der Waals surface area contributed by atoms with Gasteiger partial charge in [-0.1, -0.05) is 70.0 Å². The summed E-state index contributed by atoms with van der Waals surface area (Å²) in [4.78, 5) is 26.0. The number of benzene rings is 3. The van der Waals surface area contributed by atoms with Crippen molar-refractivity contribution in [3.63, 3.8) is 0 Å². The minimum absolute atomic E-state index is 0.00845. The van der Waals surface area contributed by atoms with Gasteiger partial charge in [0.25, 0.3) is 0 Å². The summed E-state index contributed by atoms with van der Waals surface area (Å²) in [7, 11) is 0. The van der Waals surface area contributed by atoms with E-state index in [1.165, 1.54) is 0 Å². The predicted octanol–water partition coefficient (Wildman–Crippen LogP) is 6.11. The van der Waals surface area contributed by atoms with Crippen molar-refractivity contribution in [1.82, 2.24) is 0 Å². The molecule has 0 aliphatic carbocycles. The number of para-hydroxylation sites is 1. The van der Waals surface area contributed by atoms with Crippen LogP contribution in [0, 0.1) is 0 Å². The minimum Gasteiger partial charge on any atom is -0.422 e. The molecule has 3 aromatic carbocycles. The standard InChI is InChI=1S/C22H12BrClO3/c23-15-5-3-4-14(12-15)21(25)20-19(13-8-10-16(24)11-9-13)17-6-1-2-7-18(17)27-22(20)26/h1-12H. The first-order chi connectivity index (χ1) is 13.0. The van der Waals surface area contributed by atoms with E-state index in [-0.39, 0.29) is 11.3 Å². The average molecular weight is 440 g/mol. The Kier molecular flexibility index (Phi) is 4.68. The number of carbonyl (C=O) groups is 1. The molecule has 4 aromatic rings. The zero-order chi connectivity index (χ0) is 19.0. The molecule has 0 atom stereocenters. The second-order valence-electron chi connectivity index (χ2n) is 5.98. The van der Waals surface area contributed by atoms with E-state index in [2.05, 4.69) is 15.9 Å². The van der Waals surface area contributed by atoms with E-state index in [1.807, 2.05) is 18.2 Å². The molecule has 1 aromatic heterocycles. The fraction of sp³-hybridized carbons (Fsp3) is 0. The van der Waals surface area contributed by atoms with Gasteiger partial charge in [-0.25, -0.2) is 4.79 Å². The first-order valence-electron chi connectivity index (χ1n) is 8.16. The highest BCUT2D eigenvalue weighted by Gasteiger charge is 2.23. The first-order valence-corrected chi connectivity index (χ1v) is 9.34. The first kappa shape index (κ1) is 17.7. The molecule has 0 N–H and O–H groups in total. The van der Waals surface area contributed by atoms with Crippen LogP contribution in [0.4, 0.5) is 0 Å². The molecule has 4 rings (SSSR count). The lowest BCUT2D eigenvalue weighted by Gasteiger charge is -2.11. The van der Waals surface area contributed by atoms with E-state index < -0.39 is 5.63 Å². The number of fused-ring (bicyclic) bond motifs is 1. The Morgan fingerprint density at radius 3 is 2.41 bits per heavy atom. The number of halogens is 2. The maximum Gasteiger partial charge on any atom is 0.348 e. The van der Waals surface area contributed by atoms with Crippen molar-refractivity contribution in [1.29, 1.82) is 0 Å². The predicted molar refractivity (Wildman–Crippen MR) is 111 cm³/mol. The van der Waals surface area contributed by atoms with Crippen LogP contribution >= 0.6 is 27.5 Å². The molecule has 0 saturated carbocycles. The number of ketones is 1. The molecule has 0 unspecified atom stereocenters. The van der Waals surface area contributed by atoms with Gasteiger partial charge >= 0.3 is 5.63 Å². The molecule has 0 fully saturated rings. The van der Waals surface area contributed by atoms with Crippen LogP contribution in [0.1, 0.15) is 15.9 Å². The molecule has 3 nitrogen and oxygen atoms in total. The molecule has 0 aliphatic rings. The van der Waals surface area contributed by atoms with E-state index in [0.717, 1.165) is 10.0 Å². The van der Waals surface area contributed by atoms with E-state index in [0.29, 0.717) is 27.1 Å². The van der Waals surface area contributed by atoms with Gasteiger partial charge in [-0.3, -0.25) is 4.79 Å². The average Bonchev–Trinajstić information content (AvgIpc) is 2.67. The van der Waals surface area contributed by atoms with Crippen molar-refractivity contribution in [3.8, 4) is 11.1 Å². The zero-order valence-electron chi connectivity index (χ0n) is 13.9. The third-order valence-electron chi connectivity index (χ3n) is 4.26. The number of carbonyl (C=O) groups excluding carboxylic acids is 1. The topological polar surface area (TPSA) is 47.3 Å². The van der Waals surface area contributed by atoms with Crippen molar-refractivity contribution < 1.29 is 9.21 Å². The Morgan fingerprint density at radius 1 is 0.926 bits per heavy atom. The summed E-state index contributed by atoms with van der Waals surface area (Å²) in [5.74, 6) is -0.388. The molecule has 5 heteroatoms. The lowest BCUT2D eigenvalue weighted by atomic mass is 9.92. The van der Waals surface area contributed by atoms with Crippen LogP contribution in [-0.4, -0.2) is 5.78 Å². The lowest BCUT2D eigenvalue weighted by molar-refractivity contribution is 0.103. The van der Waals surface area contributed by atoms with Crippen LogP contribution in [0.25, 0.3) is 22.1 Å². The molecular weight excluding hydrogens is 428 g/mol. The van der Waals surface area contributed by atoms with Gasteiger partial charge in [0.05, 0.1) is 0 Å². The van der Waals surface area contributed by atoms with Crippen molar-refractivity contribution in [2.45, 2.75) is 0 Å². The van der Waals surface area contributed by atoms with Crippen molar-refractivity contribution >= 4 is 44.3 Å². The Morgan fingerprint density at radius 2 is 1.67 bits per heavy atom. The molecule has 0 radical (unpaired) electrons. The molecule has 0 aliphatic heterocycles. The normalized spacial score (nSPS) is 10.9. The summed E-state index contributed by atoms with van der Waals surface area (Å²) in [6, 6.07) is 21.1. The highest BCUT2D eigenvalue weighted by Crippen LogP contribution is 2.32. The maximum absolute atomic E-state index is 13.2. The SMILES string of the molecule is O=C(c1cccc(Br)c1)c1c(-c2ccc(Cl)cc2)c2ccccc2oc1=O. The van der Waals surface area contributed by atoms with Gasteiger partial charge in [0.2, 0.25) is 5.78 Å². The lowest BCUT2D eigenvalue weighted by Crippen LogP contribution is -2.17. The largest absolute Gasteiger partial charge is 0.422 e. The summed E-state index contributed by atoms with van der Waals surface area (Å²) >= 11 is 9.38. The Bertz CT molecular complexity index is 1230. The van der Waals surface area contributed by atoms with Gasteiger partial charge in [0.1, 0.15) is 11.1 Å². The van der Waals surface area contributed by atoms with Gasteiger partial charge in [0.15, 0.2) is 0 Å². The third kappa shape index (κ3) is 3.34.